The molecule has 3 rings (SSSR count). The number of hydrogen-bond donors (Lipinski definition) is 1. The summed E-state index contributed by atoms with van der Waals surface area (Å²) in [6.07, 6.45) is 0.353. The Bertz CT molecular complexity index is 811. The van der Waals surface area contributed by atoms with Crippen LogP contribution in [0.5, 0.6) is 0 Å². The molecule has 3 amide bonds. The molecule has 0 bridgehead atoms. The van der Waals surface area contributed by atoms with Gasteiger partial charge in [-0.2, -0.15) is 0 Å². The van der Waals surface area contributed by atoms with Crippen molar-refractivity contribution < 1.29 is 14.4 Å². The normalized spacial score (nSPS) is 16.2. The zero-order valence-corrected chi connectivity index (χ0v) is 14.0. The number of anilines is 1. The highest BCUT2D eigenvalue weighted by atomic mass is 32.1. The van der Waals surface area contributed by atoms with Gasteiger partial charge in [-0.05, 0) is 38.0 Å². The summed E-state index contributed by atoms with van der Waals surface area (Å²) in [7, 11) is 0. The van der Waals surface area contributed by atoms with Gasteiger partial charge in [-0.3, -0.25) is 19.3 Å². The number of benzene rings is 1. The van der Waals surface area contributed by atoms with E-state index in [-0.39, 0.29) is 24.7 Å². The van der Waals surface area contributed by atoms with Crippen LogP contribution in [0.3, 0.4) is 0 Å². The number of amides is 3. The maximum absolute atomic E-state index is 12.3. The number of thiazole rings is 1. The fraction of sp³-hybridized carbons (Fsp3) is 0.375. The van der Waals surface area contributed by atoms with E-state index in [9.17, 15) is 14.4 Å². The highest BCUT2D eigenvalue weighted by Gasteiger charge is 2.36. The largest absolute Gasteiger partial charge is 0.300 e. The van der Waals surface area contributed by atoms with Crippen molar-refractivity contribution in [1.29, 1.82) is 0 Å². The molecule has 23 heavy (non-hydrogen) atoms. The molecule has 1 N–H and O–H groups in total. The van der Waals surface area contributed by atoms with Crippen LogP contribution in [0.1, 0.15) is 30.9 Å². The van der Waals surface area contributed by atoms with E-state index in [2.05, 4.69) is 10.3 Å². The molecular weight excluding hydrogens is 314 g/mol. The number of carbonyl (C=O) groups excluding carboxylic acids is 3. The number of nitrogens with zero attached hydrogens (tertiary/aromatic N) is 2. The molecule has 1 unspecified atom stereocenters. The van der Waals surface area contributed by atoms with Crippen molar-refractivity contribution in [1.82, 2.24) is 9.88 Å². The fourth-order valence-corrected chi connectivity index (χ4v) is 3.82. The quantitative estimate of drug-likeness (QED) is 0.876. The van der Waals surface area contributed by atoms with Crippen LogP contribution in [-0.2, 0) is 14.4 Å². The summed E-state index contributed by atoms with van der Waals surface area (Å²) in [6.45, 7) is 5.54. The van der Waals surface area contributed by atoms with Gasteiger partial charge in [0, 0.05) is 12.8 Å². The fourth-order valence-electron chi connectivity index (χ4n) is 2.78. The maximum Gasteiger partial charge on any atom is 0.249 e. The van der Waals surface area contributed by atoms with Crippen LogP contribution in [0.4, 0.5) is 5.13 Å². The van der Waals surface area contributed by atoms with Crippen molar-refractivity contribution in [2.24, 2.45) is 0 Å². The van der Waals surface area contributed by atoms with E-state index < -0.39 is 11.9 Å². The number of imide groups is 1. The third-order valence-electron chi connectivity index (χ3n) is 3.92. The van der Waals surface area contributed by atoms with E-state index in [4.69, 9.17) is 0 Å². The van der Waals surface area contributed by atoms with E-state index in [0.717, 1.165) is 26.2 Å². The van der Waals surface area contributed by atoms with Crippen LogP contribution in [-0.4, -0.2) is 33.6 Å². The summed E-state index contributed by atoms with van der Waals surface area (Å²) in [5, 5.41) is 3.19. The lowest BCUT2D eigenvalue weighted by molar-refractivity contribution is -0.144. The van der Waals surface area contributed by atoms with Crippen molar-refractivity contribution in [2.75, 3.05) is 5.32 Å². The molecule has 2 aromatic rings. The number of hydrogen-bond acceptors (Lipinski definition) is 5. The third-order valence-corrected chi connectivity index (χ3v) is 4.83. The second kappa shape index (κ2) is 5.73. The molecule has 0 radical (unpaired) electrons. The van der Waals surface area contributed by atoms with E-state index in [1.807, 2.05) is 26.0 Å². The van der Waals surface area contributed by atoms with Crippen LogP contribution < -0.4 is 5.32 Å². The van der Waals surface area contributed by atoms with E-state index in [1.165, 1.54) is 11.3 Å². The second-order valence-electron chi connectivity index (χ2n) is 5.77. The number of rotatable bonds is 3. The molecule has 1 aliphatic heterocycles. The maximum atomic E-state index is 12.3. The molecule has 0 aliphatic carbocycles. The lowest BCUT2D eigenvalue weighted by Gasteiger charge is -2.20. The van der Waals surface area contributed by atoms with Crippen LogP contribution in [0.25, 0.3) is 10.2 Å². The zero-order valence-electron chi connectivity index (χ0n) is 13.2. The first-order valence-electron chi connectivity index (χ1n) is 7.40. The first-order chi connectivity index (χ1) is 10.9. The van der Waals surface area contributed by atoms with Gasteiger partial charge in [-0.1, -0.05) is 17.4 Å². The third kappa shape index (κ3) is 2.84. The summed E-state index contributed by atoms with van der Waals surface area (Å²) < 4.78 is 0.999. The topological polar surface area (TPSA) is 79.4 Å². The molecule has 1 fully saturated rings. The zero-order chi connectivity index (χ0) is 16.7. The van der Waals surface area contributed by atoms with Crippen molar-refractivity contribution in [2.45, 2.75) is 39.7 Å². The predicted molar refractivity (Wildman–Crippen MR) is 88.3 cm³/mol. The van der Waals surface area contributed by atoms with E-state index in [0.29, 0.717) is 5.13 Å². The highest BCUT2D eigenvalue weighted by molar-refractivity contribution is 7.22. The Kier molecular flexibility index (Phi) is 3.89. The standard InChI is InChI=1S/C16H17N3O3S/c1-8-6-9(2)14-11(7-8)23-16(17-14)18-15(22)10(3)19-12(20)4-5-13(19)21/h6-7,10H,4-5H2,1-3H3,(H,17,18,22). The lowest BCUT2D eigenvalue weighted by Crippen LogP contribution is -2.44. The first-order valence-corrected chi connectivity index (χ1v) is 8.22. The van der Waals surface area contributed by atoms with Gasteiger partial charge >= 0.3 is 0 Å². The smallest absolute Gasteiger partial charge is 0.249 e. The van der Waals surface area contributed by atoms with E-state index in [1.54, 1.807) is 6.92 Å². The molecule has 1 atom stereocenters. The van der Waals surface area contributed by atoms with Crippen LogP contribution in [0, 0.1) is 13.8 Å². The molecule has 6 nitrogen and oxygen atoms in total. The number of nitrogens with one attached hydrogen (secondary N) is 1. The molecule has 1 aliphatic rings. The predicted octanol–water partition coefficient (Wildman–Crippen LogP) is 2.39. The van der Waals surface area contributed by atoms with Gasteiger partial charge in [0.15, 0.2) is 5.13 Å². The molecule has 0 saturated carbocycles. The monoisotopic (exact) mass is 331 g/mol. The number of carbonyl (C=O) groups is 3. The van der Waals surface area contributed by atoms with Gasteiger partial charge < -0.3 is 5.32 Å². The number of aryl methyl sites for hydroxylation is 2. The minimum absolute atomic E-state index is 0.177. The lowest BCUT2D eigenvalue weighted by atomic mass is 10.1. The van der Waals surface area contributed by atoms with Gasteiger partial charge in [0.1, 0.15) is 6.04 Å². The average Bonchev–Trinajstić information content (AvgIpc) is 3.01. The summed E-state index contributed by atoms with van der Waals surface area (Å²) in [6, 6.07) is 3.23. The number of fused-ring (bicyclic) bond motifs is 1. The average molecular weight is 331 g/mol. The summed E-state index contributed by atoms with van der Waals surface area (Å²) in [5.74, 6) is -0.996. The van der Waals surface area contributed by atoms with Crippen LogP contribution >= 0.6 is 11.3 Å². The molecule has 7 heteroatoms. The van der Waals surface area contributed by atoms with Gasteiger partial charge in [-0.15, -0.1) is 0 Å². The minimum atomic E-state index is -0.827. The number of aromatic nitrogens is 1. The number of likely N-dealkylation sites (tertiary alicyclic amines) is 1. The van der Waals surface area contributed by atoms with Gasteiger partial charge in [0.05, 0.1) is 10.2 Å². The van der Waals surface area contributed by atoms with Crippen molar-refractivity contribution >= 4 is 44.4 Å². The Morgan fingerprint density at radius 3 is 2.57 bits per heavy atom. The SMILES string of the molecule is Cc1cc(C)c2nc(NC(=O)C(C)N3C(=O)CCC3=O)sc2c1. The Hall–Kier alpha value is -2.28. The molecule has 120 valence electrons. The van der Waals surface area contributed by atoms with Gasteiger partial charge in [0.25, 0.3) is 0 Å². The summed E-state index contributed by atoms with van der Waals surface area (Å²) in [4.78, 5) is 41.2. The van der Waals surface area contributed by atoms with Gasteiger partial charge in [-0.25, -0.2) is 4.98 Å². The van der Waals surface area contributed by atoms with Crippen LogP contribution in [0.15, 0.2) is 12.1 Å². The summed E-state index contributed by atoms with van der Waals surface area (Å²) >= 11 is 1.38. The molecule has 1 saturated heterocycles. The Morgan fingerprint density at radius 2 is 1.91 bits per heavy atom. The molecular formula is C16H17N3O3S. The van der Waals surface area contributed by atoms with Gasteiger partial charge in [0.2, 0.25) is 17.7 Å². The highest BCUT2D eigenvalue weighted by Crippen LogP contribution is 2.29. The Morgan fingerprint density at radius 1 is 1.26 bits per heavy atom. The molecule has 1 aromatic carbocycles. The van der Waals surface area contributed by atoms with Crippen molar-refractivity contribution in [3.63, 3.8) is 0 Å². The molecule has 0 spiro atoms. The second-order valence-corrected chi connectivity index (χ2v) is 6.80. The van der Waals surface area contributed by atoms with E-state index >= 15 is 0 Å². The van der Waals surface area contributed by atoms with Crippen LogP contribution in [0.2, 0.25) is 0 Å². The van der Waals surface area contributed by atoms with Crippen molar-refractivity contribution in [3.05, 3.63) is 23.3 Å². The molecule has 2 heterocycles. The Labute approximate surface area is 137 Å². The Balaban J connectivity index is 1.81. The van der Waals surface area contributed by atoms with Crippen molar-refractivity contribution in [3.8, 4) is 0 Å². The molecule has 1 aromatic heterocycles. The first kappa shape index (κ1) is 15.6. The minimum Gasteiger partial charge on any atom is -0.300 e. The summed E-state index contributed by atoms with van der Waals surface area (Å²) in [5.41, 5.74) is 3.05.